The first kappa shape index (κ1) is 29.3. The molecule has 1 saturated heterocycles. The summed E-state index contributed by atoms with van der Waals surface area (Å²) in [5, 5.41) is 11.0. The highest BCUT2D eigenvalue weighted by Crippen LogP contribution is 2.32. The van der Waals surface area contributed by atoms with Crippen molar-refractivity contribution in [2.75, 3.05) is 24.4 Å². The Labute approximate surface area is 192 Å². The summed E-state index contributed by atoms with van der Waals surface area (Å²) < 4.78 is 94.5. The van der Waals surface area contributed by atoms with Gasteiger partial charge in [0.2, 0.25) is 0 Å². The number of likely N-dealkylation sites (N-methyl/N-ethyl adjacent to an activating group) is 1. The van der Waals surface area contributed by atoms with Gasteiger partial charge in [-0.15, -0.1) is 0 Å². The Morgan fingerprint density at radius 3 is 2.18 bits per heavy atom. The van der Waals surface area contributed by atoms with Crippen LogP contribution in [0.5, 0.6) is 0 Å². The predicted octanol–water partition coefficient (Wildman–Crippen LogP) is 1.97. The minimum Gasteiger partial charge on any atom is -0.475 e. The van der Waals surface area contributed by atoms with Crippen LogP contribution in [-0.2, 0) is 26.8 Å². The highest BCUT2D eigenvalue weighted by molar-refractivity contribution is 7.91. The van der Waals surface area contributed by atoms with Crippen LogP contribution in [-0.4, -0.2) is 84.1 Å². The lowest BCUT2D eigenvalue weighted by atomic mass is 10.0. The molecule has 34 heavy (non-hydrogen) atoms. The van der Waals surface area contributed by atoms with Crippen molar-refractivity contribution in [2.45, 2.75) is 50.9 Å². The third kappa shape index (κ3) is 9.28. The molecule has 0 radical (unpaired) electrons. The molecule has 1 aliphatic heterocycles. The van der Waals surface area contributed by atoms with E-state index in [0.29, 0.717) is 0 Å². The van der Waals surface area contributed by atoms with E-state index in [2.05, 4.69) is 5.10 Å². The van der Waals surface area contributed by atoms with Crippen LogP contribution in [0.1, 0.15) is 27.2 Å². The summed E-state index contributed by atoms with van der Waals surface area (Å²) in [4.78, 5) is 22.2. The van der Waals surface area contributed by atoms with E-state index in [9.17, 15) is 35.2 Å². The maximum atomic E-state index is 14.1. The number of anilines is 1. The molecule has 196 valence electrons. The number of halogens is 5. The van der Waals surface area contributed by atoms with E-state index >= 15 is 0 Å². The van der Waals surface area contributed by atoms with Crippen molar-refractivity contribution in [2.24, 2.45) is 7.05 Å². The van der Waals surface area contributed by atoms with Gasteiger partial charge in [-0.05, 0) is 27.8 Å². The molecule has 11 nitrogen and oxygen atoms in total. The van der Waals surface area contributed by atoms with Gasteiger partial charge in [-0.2, -0.15) is 26.7 Å². The zero-order chi connectivity index (χ0) is 26.7. The normalized spacial score (nSPS) is 18.9. The number of carbonyl (C=O) groups excluding carboxylic acids is 1. The first-order valence-electron chi connectivity index (χ1n) is 9.53. The van der Waals surface area contributed by atoms with Crippen molar-refractivity contribution in [1.82, 2.24) is 19.4 Å². The third-order valence-electron chi connectivity index (χ3n) is 3.95. The van der Waals surface area contributed by atoms with Crippen LogP contribution >= 0.6 is 0 Å². The van der Waals surface area contributed by atoms with Crippen molar-refractivity contribution in [3.63, 3.8) is 0 Å². The number of aliphatic carboxylic acids is 1. The van der Waals surface area contributed by atoms with Gasteiger partial charge in [0.1, 0.15) is 5.60 Å². The van der Waals surface area contributed by atoms with Gasteiger partial charge in [0.15, 0.2) is 0 Å². The average molecular weight is 523 g/mol. The largest absolute Gasteiger partial charge is 0.490 e. The van der Waals surface area contributed by atoms with Crippen LogP contribution in [0.2, 0.25) is 0 Å². The number of aryl methyl sites for hydroxylation is 1. The Bertz CT molecular complexity index is 976. The number of hydrogen-bond donors (Lipinski definition) is 2. The van der Waals surface area contributed by atoms with E-state index in [-0.39, 0.29) is 12.2 Å². The van der Waals surface area contributed by atoms with Crippen molar-refractivity contribution in [3.8, 4) is 0 Å². The van der Waals surface area contributed by atoms with Crippen LogP contribution in [0, 0.1) is 0 Å². The van der Waals surface area contributed by atoms with Crippen LogP contribution in [0.4, 0.5) is 32.4 Å². The molecule has 2 rings (SSSR count). The number of hydrogen-bond acceptors (Lipinski definition) is 7. The molecule has 17 heteroatoms. The minimum atomic E-state index is -5.08. The molecule has 2 N–H and O–H groups in total. The molecule has 0 aliphatic carbocycles. The van der Waals surface area contributed by atoms with E-state index in [1.165, 1.54) is 29.0 Å². The maximum Gasteiger partial charge on any atom is 0.490 e. The molecular weight excluding hydrogens is 497 g/mol. The molecule has 0 saturated carbocycles. The van der Waals surface area contributed by atoms with E-state index < -0.39 is 59.0 Å². The molecule has 0 aromatic carbocycles. The summed E-state index contributed by atoms with van der Waals surface area (Å²) in [6.45, 7) is 4.34. The molecule has 1 amide bonds. The lowest BCUT2D eigenvalue weighted by Crippen LogP contribution is -2.58. The average Bonchev–Trinajstić information content (AvgIpc) is 2.95. The maximum absolute atomic E-state index is 14.1. The number of alkyl halides is 5. The number of likely N-dealkylation sites (tertiary alicyclic amines) is 1. The fraction of sp³-hybridized carbons (Fsp3) is 0.706. The van der Waals surface area contributed by atoms with E-state index in [1.54, 1.807) is 32.5 Å². The molecular formula is C17H26F5N5O6S. The standard InChI is InChI=1S/C15H25F2N5O4S.C2HF3O2/c1-14(2,3)26-13(23)19-27(24,25)22(12-7-18-21(5)9-12)11-6-15(16,17)10-20(4)8-11;3-2(4,5)1(6)7/h7,9,11H,6,8,10H2,1-5H3,(H,19,23);(H,6,7). The monoisotopic (exact) mass is 523 g/mol. The quantitative estimate of drug-likeness (QED) is 0.573. The van der Waals surface area contributed by atoms with Crippen molar-refractivity contribution in [3.05, 3.63) is 12.4 Å². The number of rotatable bonds is 4. The van der Waals surface area contributed by atoms with Gasteiger partial charge < -0.3 is 9.84 Å². The molecule has 1 aromatic rings. The highest BCUT2D eigenvalue weighted by atomic mass is 32.2. The van der Waals surface area contributed by atoms with Gasteiger partial charge >= 0.3 is 28.4 Å². The van der Waals surface area contributed by atoms with Gasteiger partial charge in [0.05, 0.1) is 24.5 Å². The van der Waals surface area contributed by atoms with Gasteiger partial charge in [-0.25, -0.2) is 27.4 Å². The second-order valence-electron chi connectivity index (χ2n) is 8.49. The predicted molar refractivity (Wildman–Crippen MR) is 109 cm³/mol. The van der Waals surface area contributed by atoms with E-state index in [1.807, 2.05) is 0 Å². The summed E-state index contributed by atoms with van der Waals surface area (Å²) in [5.41, 5.74) is -0.846. The van der Waals surface area contributed by atoms with Crippen LogP contribution in [0.3, 0.4) is 0 Å². The Balaban J connectivity index is 0.000000718. The van der Waals surface area contributed by atoms with E-state index in [4.69, 9.17) is 14.6 Å². The first-order chi connectivity index (χ1) is 15.1. The number of ether oxygens (including phenoxy) is 1. The van der Waals surface area contributed by atoms with Gasteiger partial charge in [0.25, 0.3) is 5.92 Å². The molecule has 1 unspecified atom stereocenters. The molecule has 0 spiro atoms. The van der Waals surface area contributed by atoms with Gasteiger partial charge in [0, 0.05) is 26.2 Å². The number of nitrogens with zero attached hydrogens (tertiary/aromatic N) is 4. The first-order valence-corrected chi connectivity index (χ1v) is 11.0. The molecule has 1 atom stereocenters. The highest BCUT2D eigenvalue weighted by Gasteiger charge is 2.45. The lowest BCUT2D eigenvalue weighted by Gasteiger charge is -2.40. The summed E-state index contributed by atoms with van der Waals surface area (Å²) in [7, 11) is -1.46. The third-order valence-corrected chi connectivity index (χ3v) is 5.40. The second kappa shape index (κ2) is 10.3. The smallest absolute Gasteiger partial charge is 0.475 e. The van der Waals surface area contributed by atoms with Gasteiger partial charge in [-0.1, -0.05) is 0 Å². The Morgan fingerprint density at radius 2 is 1.79 bits per heavy atom. The number of nitrogens with one attached hydrogen (secondary N) is 1. The molecule has 1 aliphatic rings. The number of piperidine rings is 1. The Hall–Kier alpha value is -2.69. The molecule has 1 fully saturated rings. The number of aromatic nitrogens is 2. The van der Waals surface area contributed by atoms with E-state index in [0.717, 1.165) is 4.31 Å². The fourth-order valence-corrected chi connectivity index (χ4v) is 4.23. The second-order valence-corrected chi connectivity index (χ2v) is 10.0. The minimum absolute atomic E-state index is 0.0692. The molecule has 1 aromatic heterocycles. The van der Waals surface area contributed by atoms with Crippen LogP contribution in [0.25, 0.3) is 0 Å². The summed E-state index contributed by atoms with van der Waals surface area (Å²) in [6.07, 6.45) is -4.34. The van der Waals surface area contributed by atoms with Crippen molar-refractivity contribution >= 4 is 28.0 Å². The Kier molecular flexibility index (Phi) is 8.88. The summed E-state index contributed by atoms with van der Waals surface area (Å²) >= 11 is 0. The topological polar surface area (TPSA) is 134 Å². The van der Waals surface area contributed by atoms with Gasteiger partial charge in [-0.3, -0.25) is 9.58 Å². The lowest BCUT2D eigenvalue weighted by molar-refractivity contribution is -0.192. The summed E-state index contributed by atoms with van der Waals surface area (Å²) in [6, 6.07) is -1.09. The number of carbonyl (C=O) groups is 2. The van der Waals surface area contributed by atoms with Crippen molar-refractivity contribution < 1.29 is 49.8 Å². The zero-order valence-electron chi connectivity index (χ0n) is 18.9. The fourth-order valence-electron chi connectivity index (χ4n) is 2.97. The van der Waals surface area contributed by atoms with Crippen molar-refractivity contribution in [1.29, 1.82) is 0 Å². The van der Waals surface area contributed by atoms with Crippen LogP contribution in [0.15, 0.2) is 12.4 Å². The SMILES string of the molecule is CN1CC(N(c2cnn(C)c2)S(=O)(=O)NC(=O)OC(C)(C)C)CC(F)(F)C1.O=C(O)C(F)(F)F. The zero-order valence-corrected chi connectivity index (χ0v) is 19.7. The number of amides is 1. The molecule has 0 bridgehead atoms. The number of carboxylic acid groups (broad SMARTS) is 1. The number of carboxylic acids is 1. The summed E-state index contributed by atoms with van der Waals surface area (Å²) in [5.74, 6) is -5.83. The van der Waals surface area contributed by atoms with Crippen LogP contribution < -0.4 is 9.03 Å². The molecule has 2 heterocycles. The Morgan fingerprint density at radius 1 is 1.26 bits per heavy atom.